The molecule has 0 amide bonds. The van der Waals surface area contributed by atoms with Gasteiger partial charge in [-0.1, -0.05) is 37.3 Å². The van der Waals surface area contributed by atoms with Crippen LogP contribution in [0.4, 0.5) is 0 Å². The molecule has 1 unspecified atom stereocenters. The Morgan fingerprint density at radius 2 is 1.50 bits per heavy atom. The zero-order chi connectivity index (χ0) is 13.7. The first-order valence-electron chi connectivity index (χ1n) is 6.02. The van der Waals surface area contributed by atoms with Crippen LogP contribution in [0.25, 0.3) is 0 Å². The molecule has 1 atom stereocenters. The number of hydrogen-bond donors (Lipinski definition) is 0. The molecular weight excluding hydrogens is 228 g/mol. The number of benzene rings is 1. The fourth-order valence-electron chi connectivity index (χ4n) is 2.24. The van der Waals surface area contributed by atoms with Crippen molar-refractivity contribution in [1.29, 1.82) is 0 Å². The summed E-state index contributed by atoms with van der Waals surface area (Å²) in [4.78, 5) is 34.8. The van der Waals surface area contributed by atoms with Gasteiger partial charge in [0.15, 0.2) is 5.78 Å². The highest BCUT2D eigenvalue weighted by Gasteiger charge is 2.28. The number of hydrogen-bond acceptors (Lipinski definition) is 3. The predicted octanol–water partition coefficient (Wildman–Crippen LogP) is 2.69. The summed E-state index contributed by atoms with van der Waals surface area (Å²) in [7, 11) is 0. The molecule has 18 heavy (non-hydrogen) atoms. The molecule has 0 aliphatic rings. The molecule has 3 nitrogen and oxygen atoms in total. The molecule has 1 aromatic rings. The molecular formula is C15H18O3. The van der Waals surface area contributed by atoms with Crippen molar-refractivity contribution in [3.63, 3.8) is 0 Å². The monoisotopic (exact) mass is 246 g/mol. The molecule has 0 heterocycles. The van der Waals surface area contributed by atoms with E-state index >= 15 is 0 Å². The van der Waals surface area contributed by atoms with Crippen molar-refractivity contribution >= 4 is 17.3 Å². The smallest absolute Gasteiger partial charge is 0.163 e. The Morgan fingerprint density at radius 3 is 1.94 bits per heavy atom. The molecule has 0 aromatic heterocycles. The van der Waals surface area contributed by atoms with Gasteiger partial charge in [0.1, 0.15) is 11.6 Å². The highest BCUT2D eigenvalue weighted by Crippen LogP contribution is 2.20. The first-order valence-corrected chi connectivity index (χ1v) is 6.02. The van der Waals surface area contributed by atoms with Crippen LogP contribution in [-0.4, -0.2) is 17.3 Å². The van der Waals surface area contributed by atoms with E-state index in [1.807, 2.05) is 6.07 Å². The largest absolute Gasteiger partial charge is 0.299 e. The van der Waals surface area contributed by atoms with Crippen LogP contribution in [0.1, 0.15) is 37.6 Å². The van der Waals surface area contributed by atoms with Crippen molar-refractivity contribution in [2.75, 3.05) is 0 Å². The van der Waals surface area contributed by atoms with Gasteiger partial charge in [-0.15, -0.1) is 0 Å². The van der Waals surface area contributed by atoms with E-state index in [0.717, 1.165) is 0 Å². The lowest BCUT2D eigenvalue weighted by molar-refractivity contribution is -0.132. The molecule has 1 rings (SSSR count). The topological polar surface area (TPSA) is 51.2 Å². The molecule has 0 aliphatic heterocycles. The van der Waals surface area contributed by atoms with E-state index in [-0.39, 0.29) is 29.7 Å². The van der Waals surface area contributed by atoms with Crippen molar-refractivity contribution in [2.45, 2.75) is 27.2 Å². The van der Waals surface area contributed by atoms with Gasteiger partial charge in [-0.25, -0.2) is 0 Å². The second-order valence-corrected chi connectivity index (χ2v) is 4.67. The molecule has 3 heteroatoms. The SMILES string of the molecule is CC(=O)C(C(C)=O)C(C)CC(=O)c1ccccc1. The van der Waals surface area contributed by atoms with Gasteiger partial charge >= 0.3 is 0 Å². The summed E-state index contributed by atoms with van der Waals surface area (Å²) in [5, 5.41) is 0. The molecule has 96 valence electrons. The zero-order valence-electron chi connectivity index (χ0n) is 11.0. The molecule has 0 aliphatic carbocycles. The Hall–Kier alpha value is -1.77. The summed E-state index contributed by atoms with van der Waals surface area (Å²) in [6.07, 6.45) is 0.216. The Bertz CT molecular complexity index is 434. The van der Waals surface area contributed by atoms with Gasteiger partial charge in [0, 0.05) is 12.0 Å². The highest BCUT2D eigenvalue weighted by molar-refractivity contribution is 6.02. The molecule has 0 N–H and O–H groups in total. The number of ketones is 3. The van der Waals surface area contributed by atoms with Gasteiger partial charge in [-0.3, -0.25) is 14.4 Å². The van der Waals surface area contributed by atoms with Gasteiger partial charge in [0.05, 0.1) is 5.92 Å². The van der Waals surface area contributed by atoms with E-state index in [1.54, 1.807) is 31.2 Å². The highest BCUT2D eigenvalue weighted by atomic mass is 16.2. The second kappa shape index (κ2) is 6.24. The summed E-state index contributed by atoms with van der Waals surface area (Å²) in [6.45, 7) is 4.57. The van der Waals surface area contributed by atoms with E-state index in [4.69, 9.17) is 0 Å². The second-order valence-electron chi connectivity index (χ2n) is 4.67. The summed E-state index contributed by atoms with van der Waals surface area (Å²) < 4.78 is 0. The fraction of sp³-hybridized carbons (Fsp3) is 0.400. The summed E-state index contributed by atoms with van der Waals surface area (Å²) >= 11 is 0. The summed E-state index contributed by atoms with van der Waals surface area (Å²) in [5.74, 6) is -1.30. The Kier molecular flexibility index (Phi) is 4.95. The van der Waals surface area contributed by atoms with Crippen molar-refractivity contribution in [2.24, 2.45) is 11.8 Å². The normalized spacial score (nSPS) is 12.2. The van der Waals surface area contributed by atoms with Crippen LogP contribution in [0, 0.1) is 11.8 Å². The summed E-state index contributed by atoms with van der Waals surface area (Å²) in [6, 6.07) is 8.92. The lowest BCUT2D eigenvalue weighted by Gasteiger charge is -2.18. The van der Waals surface area contributed by atoms with Gasteiger partial charge in [-0.05, 0) is 19.8 Å². The lowest BCUT2D eigenvalue weighted by Crippen LogP contribution is -2.28. The predicted molar refractivity (Wildman–Crippen MR) is 69.4 cm³/mol. The Morgan fingerprint density at radius 1 is 1.00 bits per heavy atom. The quantitative estimate of drug-likeness (QED) is 0.572. The Balaban J connectivity index is 2.75. The average Bonchev–Trinajstić information content (AvgIpc) is 2.28. The Labute approximate surface area is 107 Å². The van der Waals surface area contributed by atoms with E-state index in [9.17, 15) is 14.4 Å². The van der Waals surface area contributed by atoms with Crippen molar-refractivity contribution < 1.29 is 14.4 Å². The third-order valence-electron chi connectivity index (χ3n) is 3.05. The maximum absolute atomic E-state index is 12.0. The number of carbonyl (C=O) groups is 3. The van der Waals surface area contributed by atoms with Crippen LogP contribution in [0.2, 0.25) is 0 Å². The van der Waals surface area contributed by atoms with Crippen molar-refractivity contribution in [3.8, 4) is 0 Å². The molecule has 1 aromatic carbocycles. The van der Waals surface area contributed by atoms with Crippen LogP contribution in [0.15, 0.2) is 30.3 Å². The van der Waals surface area contributed by atoms with Crippen molar-refractivity contribution in [1.82, 2.24) is 0 Å². The maximum Gasteiger partial charge on any atom is 0.163 e. The summed E-state index contributed by atoms with van der Waals surface area (Å²) in [5.41, 5.74) is 0.621. The maximum atomic E-state index is 12.0. The van der Waals surface area contributed by atoms with Crippen LogP contribution >= 0.6 is 0 Å². The zero-order valence-corrected chi connectivity index (χ0v) is 11.0. The first-order chi connectivity index (χ1) is 8.43. The molecule has 0 bridgehead atoms. The van der Waals surface area contributed by atoms with Gasteiger partial charge in [0.2, 0.25) is 0 Å². The van der Waals surface area contributed by atoms with Gasteiger partial charge in [0.25, 0.3) is 0 Å². The minimum Gasteiger partial charge on any atom is -0.299 e. The molecule has 0 spiro atoms. The molecule has 0 saturated carbocycles. The standard InChI is InChI=1S/C15H18O3/c1-10(15(11(2)16)12(3)17)9-14(18)13-7-5-4-6-8-13/h4-8,10,15H,9H2,1-3H3. The lowest BCUT2D eigenvalue weighted by atomic mass is 9.83. The number of Topliss-reactive ketones (excluding diaryl/α,β-unsaturated/α-hetero) is 3. The van der Waals surface area contributed by atoms with E-state index < -0.39 is 5.92 Å². The van der Waals surface area contributed by atoms with E-state index in [2.05, 4.69) is 0 Å². The minimum atomic E-state index is -0.669. The number of rotatable bonds is 6. The van der Waals surface area contributed by atoms with E-state index in [0.29, 0.717) is 5.56 Å². The third-order valence-corrected chi connectivity index (χ3v) is 3.05. The fourth-order valence-corrected chi connectivity index (χ4v) is 2.24. The minimum absolute atomic E-state index is 0.0319. The van der Waals surface area contributed by atoms with Gasteiger partial charge in [-0.2, -0.15) is 0 Å². The van der Waals surface area contributed by atoms with E-state index in [1.165, 1.54) is 13.8 Å². The van der Waals surface area contributed by atoms with Gasteiger partial charge < -0.3 is 0 Å². The van der Waals surface area contributed by atoms with Crippen LogP contribution in [0.5, 0.6) is 0 Å². The number of carbonyl (C=O) groups excluding carboxylic acids is 3. The molecule has 0 radical (unpaired) electrons. The molecule has 0 saturated heterocycles. The van der Waals surface area contributed by atoms with Crippen LogP contribution in [-0.2, 0) is 9.59 Å². The first kappa shape index (κ1) is 14.3. The van der Waals surface area contributed by atoms with Crippen molar-refractivity contribution in [3.05, 3.63) is 35.9 Å². The molecule has 0 fully saturated rings. The van der Waals surface area contributed by atoms with Crippen LogP contribution < -0.4 is 0 Å². The van der Waals surface area contributed by atoms with Crippen LogP contribution in [0.3, 0.4) is 0 Å². The average molecular weight is 246 g/mol. The third kappa shape index (κ3) is 3.62.